The number of rotatable bonds is 16. The van der Waals surface area contributed by atoms with Crippen molar-refractivity contribution >= 4 is 330 Å². The van der Waals surface area contributed by atoms with Crippen LogP contribution in [-0.4, -0.2) is 141 Å². The summed E-state index contributed by atoms with van der Waals surface area (Å²) < 4.78 is 107. The third kappa shape index (κ3) is 35.9. The second-order valence-electron chi connectivity index (χ2n) is 26.3. The van der Waals surface area contributed by atoms with Gasteiger partial charge in [0.1, 0.15) is 33.2 Å². The monoisotopic (exact) mass is 2640 g/mol. The average Bonchev–Trinajstić information content (AvgIpc) is 1.68. The molecule has 0 saturated carbocycles. The first-order valence-corrected chi connectivity index (χ1v) is 60.6. The Bertz CT molecular complexity index is 5720. The minimum atomic E-state index is -4.47. The number of carbonyl (C=O) groups is 8. The van der Waals surface area contributed by atoms with Gasteiger partial charge in [-0.2, -0.15) is 98.3 Å². The van der Waals surface area contributed by atoms with Gasteiger partial charge in [-0.25, -0.2) is 38.8 Å². The Labute approximate surface area is 808 Å². The minimum absolute atomic E-state index is 0. The Morgan fingerprint density at radius 2 is 0.818 bits per heavy atom. The number of hydrogen-bond acceptors (Lipinski definition) is 28. The van der Waals surface area contributed by atoms with Gasteiger partial charge in [0, 0.05) is 75.5 Å². The SMILES string of the molecule is C.CC(C)(C)OC(=O)Cc1n[nH]c(=O)c2cscc12.CC(C)(C)OC(=O)Cc1nn(Cc2nc3cc(C(F)(F)F)ccc3s2)c(=O)c2cscc12.CI.CI.COC(=O)c1cscc1C(=O)CC(=O)OC(C)(C)C.COC(=O)c1cscc1C(=O)O.ICI.O=C(O)Cc1nn(Cc2nc3cc(C(F)(F)F)ccc3s2)c(=O)c2cscc12.[I][V]([I])[I]. The fourth-order valence-electron chi connectivity index (χ4n) is 9.67. The molecular formula is C74H76F6I7N8O18S7V. The molecular weight excluding hydrogens is 2570 g/mol. The maximum atomic E-state index is 13.0. The zero-order chi connectivity index (χ0) is 90.7. The Morgan fingerprint density at radius 3 is 1.19 bits per heavy atom. The normalized spacial score (nSPS) is 11.1. The molecule has 47 heteroatoms. The number of esters is 5. The molecule has 10 heterocycles. The van der Waals surface area contributed by atoms with Gasteiger partial charge in [0.05, 0.1) is 130 Å². The predicted molar refractivity (Wildman–Crippen MR) is 521 cm³/mol. The van der Waals surface area contributed by atoms with Gasteiger partial charge in [-0.1, -0.05) is 97.8 Å². The van der Waals surface area contributed by atoms with Crippen molar-refractivity contribution < 1.29 is 104 Å². The summed E-state index contributed by atoms with van der Waals surface area (Å²) in [7, 11) is 2.45. The van der Waals surface area contributed by atoms with Crippen LogP contribution in [-0.2, 0) is 92.5 Å². The van der Waals surface area contributed by atoms with E-state index in [0.29, 0.717) is 57.7 Å². The van der Waals surface area contributed by atoms with Crippen LogP contribution >= 0.6 is 230 Å². The number of hydrogen-bond donors (Lipinski definition) is 3. The Kier molecular flexibility index (Phi) is 47.0. The molecule has 658 valence electrons. The van der Waals surface area contributed by atoms with Gasteiger partial charge >= 0.3 is 119 Å². The van der Waals surface area contributed by atoms with E-state index in [1.54, 1.807) is 68.4 Å². The zero-order valence-electron chi connectivity index (χ0n) is 65.0. The Balaban J connectivity index is 0.000000390. The number of fused-ring (bicyclic) bond motifs is 5. The number of thiazole rings is 2. The number of H-pyrrole nitrogens is 1. The number of carboxylic acid groups (broad SMARTS) is 2. The van der Waals surface area contributed by atoms with Gasteiger partial charge < -0.3 is 33.9 Å². The maximum absolute atomic E-state index is 13.0. The topological polar surface area (TPSA) is 364 Å². The van der Waals surface area contributed by atoms with Gasteiger partial charge in [-0.15, -0.1) is 22.7 Å². The quantitative estimate of drug-likeness (QED) is 0.0154. The number of carbonyl (C=O) groups excluding carboxylic acids is 6. The van der Waals surface area contributed by atoms with Crippen LogP contribution in [0.1, 0.15) is 156 Å². The summed E-state index contributed by atoms with van der Waals surface area (Å²) in [5, 5.41) is 52.7. The van der Waals surface area contributed by atoms with Crippen LogP contribution in [0.15, 0.2) is 105 Å². The summed E-state index contributed by atoms with van der Waals surface area (Å²) in [6, 6.07) is 6.64. The van der Waals surface area contributed by atoms with Crippen LogP contribution in [0, 0.1) is 0 Å². The van der Waals surface area contributed by atoms with Crippen molar-refractivity contribution in [3.63, 3.8) is 0 Å². The predicted octanol–water partition coefficient (Wildman–Crippen LogP) is 21.5. The van der Waals surface area contributed by atoms with E-state index in [4.69, 9.17) is 24.4 Å². The molecule has 0 atom stereocenters. The molecule has 0 aliphatic heterocycles. The molecule has 0 unspecified atom stereocenters. The number of carboxylic acids is 2. The second kappa shape index (κ2) is 51.4. The van der Waals surface area contributed by atoms with E-state index >= 15 is 0 Å². The molecule has 0 saturated heterocycles. The molecule has 10 aromatic heterocycles. The summed E-state index contributed by atoms with van der Waals surface area (Å²) in [6.07, 6.45) is -9.72. The first kappa shape index (κ1) is 111. The fraction of sp³-hybridized carbons (Fsp3) is 0.351. The molecule has 0 amide bonds. The number of ketones is 1. The van der Waals surface area contributed by atoms with Crippen molar-refractivity contribution in [2.45, 2.75) is 138 Å². The van der Waals surface area contributed by atoms with E-state index < -0.39 is 93.9 Å². The van der Waals surface area contributed by atoms with E-state index in [9.17, 15) is 79.1 Å². The van der Waals surface area contributed by atoms with Crippen LogP contribution in [0.3, 0.4) is 0 Å². The number of nitrogens with zero attached hydrogens (tertiary/aromatic N) is 7. The molecule has 12 aromatic rings. The Hall–Kier alpha value is -4.63. The number of ether oxygens (including phenoxy) is 5. The molecule has 0 aliphatic rings. The number of nitrogens with one attached hydrogen (secondary N) is 1. The molecule has 0 aliphatic carbocycles. The number of aromatic nitrogens is 8. The van der Waals surface area contributed by atoms with Gasteiger partial charge in [-0.3, -0.25) is 38.4 Å². The number of aliphatic carboxylic acids is 1. The number of thiophene rings is 5. The fourth-order valence-corrected chi connectivity index (χ4v) is 15.6. The second-order valence-corrected chi connectivity index (χ2v) is 72.0. The zero-order valence-corrected chi connectivity index (χ0v) is 87.2. The van der Waals surface area contributed by atoms with Crippen molar-refractivity contribution in [2.24, 2.45) is 0 Å². The van der Waals surface area contributed by atoms with E-state index in [0.717, 1.165) is 57.0 Å². The van der Waals surface area contributed by atoms with Crippen molar-refractivity contribution in [2.75, 3.05) is 26.5 Å². The van der Waals surface area contributed by atoms with Crippen molar-refractivity contribution in [3.8, 4) is 0 Å². The molecule has 26 nitrogen and oxygen atoms in total. The third-order valence-corrected chi connectivity index (χ3v) is 19.9. The molecule has 0 fully saturated rings. The molecule has 0 radical (unpaired) electrons. The summed E-state index contributed by atoms with van der Waals surface area (Å²) in [6.45, 7) is 15.8. The van der Waals surface area contributed by atoms with Gasteiger partial charge in [0.25, 0.3) is 16.7 Å². The summed E-state index contributed by atoms with van der Waals surface area (Å²) in [4.78, 5) is 141. The van der Waals surface area contributed by atoms with Crippen LogP contribution in [0.25, 0.3) is 52.8 Å². The van der Waals surface area contributed by atoms with Crippen LogP contribution in [0.4, 0.5) is 26.3 Å². The summed E-state index contributed by atoms with van der Waals surface area (Å²) in [5.41, 5.74) is -2.33. The number of aromatic carboxylic acids is 1. The number of benzene rings is 2. The van der Waals surface area contributed by atoms with Gasteiger partial charge in [0.2, 0.25) is 0 Å². The number of aromatic amines is 1. The van der Waals surface area contributed by atoms with Crippen molar-refractivity contribution in [3.05, 3.63) is 182 Å². The molecule has 3 N–H and O–H groups in total. The van der Waals surface area contributed by atoms with Crippen LogP contribution in [0.5, 0.6) is 0 Å². The van der Waals surface area contributed by atoms with Crippen molar-refractivity contribution in [1.82, 2.24) is 39.7 Å². The number of Topliss-reactive ketones (excluding diaryl/α,β-unsaturated/α-hetero) is 1. The Morgan fingerprint density at radius 1 is 0.488 bits per heavy atom. The van der Waals surface area contributed by atoms with Gasteiger partial charge in [0.15, 0.2) is 5.78 Å². The van der Waals surface area contributed by atoms with Crippen LogP contribution in [0.2, 0.25) is 0 Å². The summed E-state index contributed by atoms with van der Waals surface area (Å²) >= 11 is 24.9. The molecule has 2 aromatic carbocycles. The molecule has 121 heavy (non-hydrogen) atoms. The van der Waals surface area contributed by atoms with E-state index in [2.05, 4.69) is 190 Å². The first-order chi connectivity index (χ1) is 56.0. The first-order valence-electron chi connectivity index (χ1n) is 33.4. The van der Waals surface area contributed by atoms with E-state index in [1.807, 2.05) is 36.0 Å². The molecule has 0 spiro atoms. The number of methoxy groups -OCH3 is 2. The number of alkyl halides is 10. The molecule has 0 bridgehead atoms. The van der Waals surface area contributed by atoms with E-state index in [1.165, 1.54) is 112 Å². The number of halogens is 13. The average molecular weight is 2640 g/mol. The standard InChI is InChI=1S/C21H18F3N3O3S2.C17H10F3N3O3S2.C13H16O5S.C12H14N2O3S.C7H6O4S.CH2I2.2CH3I.CH4.3HI.V/c1-20(2,3)30-18(28)7-14-12-9-31-10-13(12)19(29)27(26-14)8-17-25-15-6-11(21(22,23)24)4-5-16(15)32-17;18-17(19,20)8-1-2-13-12(3-8)21-14(28-13)5-23-16(26)10-7-27-6-9(10)11(22-23)4-15(24)25;1-13(2,3)18-11(15)5-10(14)8-6-19-7-9(8)12(16)17-4;1-12(2,3)17-10(15)4-9-7-5-18-6-8(7)11(16)14-13-9;1-11-7(10)5-3-12-2-4(5)6(8)9;2-1-3;2*1-2;;;;;/h4-6,9-10H,7-8H2,1-3H3;1-3,6-7H,4-5H2,(H,24,25);6-7H,5H2,1-4H3;5-6H,4H2,1-3H3,(H,14,16);2-3H,1H3,(H,8,9);1H2;2*1H3;1H4;3*1H;/q;;;;;;;;;;;;+3/p-3. The van der Waals surface area contributed by atoms with Crippen LogP contribution < -0.4 is 16.7 Å². The summed E-state index contributed by atoms with van der Waals surface area (Å²) in [5.74, 6) is -5.28. The van der Waals surface area contributed by atoms with E-state index in [-0.39, 0.29) is 101 Å². The van der Waals surface area contributed by atoms with Gasteiger partial charge in [-0.05, 0) is 109 Å². The third-order valence-electron chi connectivity index (χ3n) is 14.1. The molecule has 12 rings (SSSR count). The van der Waals surface area contributed by atoms with Crippen molar-refractivity contribution in [1.29, 1.82) is 0 Å².